The number of carbonyl (C=O) groups excluding carboxylic acids is 1. The van der Waals surface area contributed by atoms with Gasteiger partial charge in [-0.25, -0.2) is 13.4 Å². The number of ether oxygens (including phenoxy) is 1. The molecule has 9 nitrogen and oxygen atoms in total. The second-order valence-corrected chi connectivity index (χ2v) is 8.47. The fourth-order valence-electron chi connectivity index (χ4n) is 2.42. The van der Waals surface area contributed by atoms with Crippen LogP contribution in [0.3, 0.4) is 0 Å². The molecule has 0 saturated carbocycles. The molecular weight excluding hydrogens is 430 g/mol. The van der Waals surface area contributed by atoms with Crippen LogP contribution in [0.5, 0.6) is 5.75 Å². The number of hydrogen-bond donors (Lipinski definition) is 1. The number of halogens is 1. The van der Waals surface area contributed by atoms with Crippen molar-refractivity contribution in [1.29, 1.82) is 0 Å². The molecule has 0 fully saturated rings. The molecule has 0 aliphatic heterocycles. The fraction of sp³-hybridized carbons (Fsp3) is 0.250. The Labute approximate surface area is 169 Å². The lowest BCUT2D eigenvalue weighted by atomic mass is 10.2. The SMILES string of the molecule is COc1ccc(S(=O)(=O)N(C)OC)c2cc(-c3csc(NC(=O)CCl)n3)oc12. The molecular formula is C16H16ClN3O6S2. The number of alkyl halides is 1. The number of rotatable bonds is 7. The number of furan rings is 1. The van der Waals surface area contributed by atoms with E-state index in [4.69, 9.17) is 25.6 Å². The first-order valence-corrected chi connectivity index (χ1v) is 10.6. The molecule has 28 heavy (non-hydrogen) atoms. The van der Waals surface area contributed by atoms with Crippen LogP contribution >= 0.6 is 22.9 Å². The summed E-state index contributed by atoms with van der Waals surface area (Å²) >= 11 is 6.66. The summed E-state index contributed by atoms with van der Waals surface area (Å²) in [4.78, 5) is 20.5. The zero-order valence-electron chi connectivity index (χ0n) is 15.1. The van der Waals surface area contributed by atoms with Crippen molar-refractivity contribution >= 4 is 55.0 Å². The van der Waals surface area contributed by atoms with Gasteiger partial charge in [-0.3, -0.25) is 9.63 Å². The Balaban J connectivity index is 2.12. The van der Waals surface area contributed by atoms with Gasteiger partial charge in [0.25, 0.3) is 10.0 Å². The lowest BCUT2D eigenvalue weighted by Gasteiger charge is -2.15. The van der Waals surface area contributed by atoms with Crippen LogP contribution in [0, 0.1) is 0 Å². The predicted molar refractivity (Wildman–Crippen MR) is 105 cm³/mol. The molecule has 0 bridgehead atoms. The molecule has 2 aromatic heterocycles. The van der Waals surface area contributed by atoms with E-state index in [-0.39, 0.29) is 22.3 Å². The third kappa shape index (κ3) is 3.71. The summed E-state index contributed by atoms with van der Waals surface area (Å²) in [5.74, 6) is 0.111. The summed E-state index contributed by atoms with van der Waals surface area (Å²) in [6, 6.07) is 4.47. The van der Waals surface area contributed by atoms with Crippen molar-refractivity contribution < 1.29 is 27.2 Å². The number of amides is 1. The van der Waals surface area contributed by atoms with Gasteiger partial charge in [0, 0.05) is 17.8 Å². The largest absolute Gasteiger partial charge is 0.493 e. The molecule has 1 N–H and O–H groups in total. The highest BCUT2D eigenvalue weighted by atomic mass is 35.5. The Bertz CT molecular complexity index is 1120. The van der Waals surface area contributed by atoms with Gasteiger partial charge in [-0.2, -0.15) is 0 Å². The number of hydrogen-bond acceptors (Lipinski definition) is 8. The Kier molecular flexibility index (Phi) is 5.91. The maximum atomic E-state index is 12.7. The van der Waals surface area contributed by atoms with Crippen molar-refractivity contribution in [2.45, 2.75) is 4.90 Å². The number of aromatic nitrogens is 1. The normalized spacial score (nSPS) is 11.9. The van der Waals surface area contributed by atoms with Crippen LogP contribution in [0.2, 0.25) is 0 Å². The average Bonchev–Trinajstić information content (AvgIpc) is 3.33. The third-order valence-corrected chi connectivity index (χ3v) is 6.56. The van der Waals surface area contributed by atoms with Gasteiger partial charge in [-0.05, 0) is 18.2 Å². The Morgan fingerprint density at radius 3 is 2.79 bits per heavy atom. The zero-order valence-corrected chi connectivity index (χ0v) is 17.4. The topological polar surface area (TPSA) is 111 Å². The Morgan fingerprint density at radius 2 is 2.14 bits per heavy atom. The lowest BCUT2D eigenvalue weighted by molar-refractivity contribution is -0.113. The Morgan fingerprint density at radius 1 is 1.39 bits per heavy atom. The summed E-state index contributed by atoms with van der Waals surface area (Å²) in [5, 5.41) is 4.88. The summed E-state index contributed by atoms with van der Waals surface area (Å²) < 4.78 is 37.3. The number of nitrogens with one attached hydrogen (secondary N) is 1. The predicted octanol–water partition coefficient (Wildman–Crippen LogP) is 2.92. The number of nitrogens with zero attached hydrogens (tertiary/aromatic N) is 2. The van der Waals surface area contributed by atoms with Crippen molar-refractivity contribution in [3.05, 3.63) is 23.6 Å². The first-order valence-electron chi connectivity index (χ1n) is 7.77. The van der Waals surface area contributed by atoms with Gasteiger partial charge in [0.15, 0.2) is 22.2 Å². The summed E-state index contributed by atoms with van der Waals surface area (Å²) in [7, 11) is 0.0813. The van der Waals surface area contributed by atoms with Gasteiger partial charge >= 0.3 is 0 Å². The van der Waals surface area contributed by atoms with E-state index in [9.17, 15) is 13.2 Å². The van der Waals surface area contributed by atoms with E-state index < -0.39 is 10.0 Å². The van der Waals surface area contributed by atoms with Gasteiger partial charge in [0.05, 0.1) is 19.1 Å². The molecule has 0 unspecified atom stereocenters. The van der Waals surface area contributed by atoms with E-state index in [0.717, 1.165) is 4.47 Å². The number of fused-ring (bicyclic) bond motifs is 1. The maximum absolute atomic E-state index is 12.7. The molecule has 12 heteroatoms. The monoisotopic (exact) mass is 445 g/mol. The average molecular weight is 446 g/mol. The third-order valence-electron chi connectivity index (χ3n) is 3.83. The molecule has 2 heterocycles. The van der Waals surface area contributed by atoms with Crippen molar-refractivity contribution in [3.8, 4) is 17.2 Å². The smallest absolute Gasteiger partial charge is 0.265 e. The van der Waals surface area contributed by atoms with Crippen molar-refractivity contribution in [2.75, 3.05) is 32.5 Å². The summed E-state index contributed by atoms with van der Waals surface area (Å²) in [6.45, 7) is 0. The maximum Gasteiger partial charge on any atom is 0.265 e. The molecule has 0 aliphatic rings. The number of hydroxylamine groups is 1. The first-order chi connectivity index (χ1) is 13.3. The Hall–Kier alpha value is -2.18. The van der Waals surface area contributed by atoms with Gasteiger partial charge in [0.2, 0.25) is 5.91 Å². The highest BCUT2D eigenvalue weighted by Crippen LogP contribution is 2.38. The minimum Gasteiger partial charge on any atom is -0.493 e. The molecule has 3 rings (SSSR count). The standard InChI is InChI=1S/C16H16ClN3O6S2/c1-20(25-3)28(22,23)13-5-4-11(24-2)15-9(13)6-12(26-15)10-8-27-16(18-10)19-14(21)7-17/h4-6,8H,7H2,1-3H3,(H,18,19,21). The van der Waals surface area contributed by atoms with Crippen LogP contribution in [0.15, 0.2) is 32.9 Å². The van der Waals surface area contributed by atoms with Gasteiger partial charge < -0.3 is 14.5 Å². The first kappa shape index (κ1) is 20.6. The van der Waals surface area contributed by atoms with Gasteiger partial charge in [-0.1, -0.05) is 4.47 Å². The highest BCUT2D eigenvalue weighted by molar-refractivity contribution is 7.89. The molecule has 0 aliphatic carbocycles. The molecule has 0 saturated heterocycles. The van der Waals surface area contributed by atoms with Crippen molar-refractivity contribution in [1.82, 2.24) is 9.45 Å². The van der Waals surface area contributed by atoms with Crippen LogP contribution in [-0.2, 0) is 19.7 Å². The molecule has 0 radical (unpaired) electrons. The van der Waals surface area contributed by atoms with E-state index in [0.29, 0.717) is 27.7 Å². The van der Waals surface area contributed by atoms with Crippen molar-refractivity contribution in [2.24, 2.45) is 0 Å². The second-order valence-electron chi connectivity index (χ2n) is 5.44. The van der Waals surface area contributed by atoms with Crippen LogP contribution in [-0.4, -0.2) is 50.9 Å². The van der Waals surface area contributed by atoms with Gasteiger partial charge in [0.1, 0.15) is 11.6 Å². The molecule has 0 atom stereocenters. The van der Waals surface area contributed by atoms with E-state index in [1.807, 2.05) is 0 Å². The molecule has 0 spiro atoms. The number of anilines is 1. The zero-order chi connectivity index (χ0) is 20.5. The number of thiazole rings is 1. The number of methoxy groups -OCH3 is 1. The molecule has 150 valence electrons. The molecule has 1 amide bonds. The van der Waals surface area contributed by atoms with Gasteiger partial charge in [-0.15, -0.1) is 22.9 Å². The van der Waals surface area contributed by atoms with Crippen LogP contribution in [0.25, 0.3) is 22.4 Å². The highest BCUT2D eigenvalue weighted by Gasteiger charge is 2.27. The molecule has 1 aromatic carbocycles. The minimum absolute atomic E-state index is 0.00598. The van der Waals surface area contributed by atoms with E-state index >= 15 is 0 Å². The summed E-state index contributed by atoms with van der Waals surface area (Å²) in [6.07, 6.45) is 0. The summed E-state index contributed by atoms with van der Waals surface area (Å²) in [5.41, 5.74) is 0.680. The number of sulfonamides is 1. The number of carbonyl (C=O) groups is 1. The van der Waals surface area contributed by atoms with Crippen LogP contribution in [0.1, 0.15) is 0 Å². The second kappa shape index (κ2) is 8.05. The van der Waals surface area contributed by atoms with Crippen LogP contribution in [0.4, 0.5) is 5.13 Å². The quantitative estimate of drug-likeness (QED) is 0.439. The lowest BCUT2D eigenvalue weighted by Crippen LogP contribution is -2.25. The minimum atomic E-state index is -3.92. The fourth-order valence-corrected chi connectivity index (χ4v) is 4.34. The van der Waals surface area contributed by atoms with Crippen molar-refractivity contribution in [3.63, 3.8) is 0 Å². The van der Waals surface area contributed by atoms with E-state index in [1.165, 1.54) is 44.7 Å². The molecule has 3 aromatic rings. The van der Waals surface area contributed by atoms with Crippen LogP contribution < -0.4 is 10.1 Å². The van der Waals surface area contributed by atoms with E-state index in [1.54, 1.807) is 11.4 Å². The van der Waals surface area contributed by atoms with E-state index in [2.05, 4.69) is 10.3 Å². The number of benzene rings is 1.